The summed E-state index contributed by atoms with van der Waals surface area (Å²) in [5.41, 5.74) is 9.81. The second-order valence-corrected chi connectivity index (χ2v) is 6.99. The van der Waals surface area contributed by atoms with Crippen molar-refractivity contribution in [3.63, 3.8) is 0 Å². The Balaban J connectivity index is 1.81. The van der Waals surface area contributed by atoms with Crippen LogP contribution in [-0.2, 0) is 4.79 Å². The molecule has 1 aliphatic heterocycles. The van der Waals surface area contributed by atoms with E-state index in [1.807, 2.05) is 80.5 Å². The van der Waals surface area contributed by atoms with E-state index >= 15 is 0 Å². The van der Waals surface area contributed by atoms with Gasteiger partial charge in [-0.1, -0.05) is 30.3 Å². The molecule has 0 radical (unpaired) electrons. The topological polar surface area (TPSA) is 89.1 Å². The van der Waals surface area contributed by atoms with Gasteiger partial charge in [-0.25, -0.2) is 4.68 Å². The number of anilines is 2. The van der Waals surface area contributed by atoms with Crippen LogP contribution in [0.3, 0.4) is 0 Å². The number of carbonyl (C=O) groups excluding carboxylic acids is 1. The third-order valence-electron chi connectivity index (χ3n) is 4.88. The van der Waals surface area contributed by atoms with Gasteiger partial charge in [0.15, 0.2) is 5.82 Å². The van der Waals surface area contributed by atoms with Gasteiger partial charge in [0.25, 0.3) is 0 Å². The molecule has 1 aliphatic rings. The number of hydrogen-bond acceptors (Lipinski definition) is 5. The lowest BCUT2D eigenvalue weighted by Crippen LogP contribution is -2.31. The molecule has 142 valence electrons. The van der Waals surface area contributed by atoms with E-state index in [4.69, 9.17) is 10.8 Å². The quantitative estimate of drug-likeness (QED) is 0.733. The Hall–Kier alpha value is -3.61. The lowest BCUT2D eigenvalue weighted by atomic mass is 9.95. The molecule has 0 aliphatic carbocycles. The highest BCUT2D eigenvalue weighted by molar-refractivity contribution is 5.95. The maximum Gasteiger partial charge on any atom is 0.248 e. The third kappa shape index (κ3) is 3.00. The average molecular weight is 374 g/mol. The van der Waals surface area contributed by atoms with Crippen LogP contribution in [0.25, 0.3) is 11.4 Å². The number of primary amides is 1. The van der Waals surface area contributed by atoms with Crippen LogP contribution in [0, 0.1) is 0 Å². The lowest BCUT2D eigenvalue weighted by molar-refractivity contribution is -0.115. The minimum Gasteiger partial charge on any atom is -0.378 e. The van der Waals surface area contributed by atoms with E-state index < -0.39 is 11.9 Å². The van der Waals surface area contributed by atoms with Crippen molar-refractivity contribution in [1.29, 1.82) is 0 Å². The van der Waals surface area contributed by atoms with E-state index in [0.717, 1.165) is 16.8 Å². The van der Waals surface area contributed by atoms with E-state index in [9.17, 15) is 4.79 Å². The van der Waals surface area contributed by atoms with E-state index in [1.54, 1.807) is 4.68 Å². The van der Waals surface area contributed by atoms with Gasteiger partial charge in [0.2, 0.25) is 11.9 Å². The van der Waals surface area contributed by atoms with Gasteiger partial charge in [-0.05, 0) is 36.8 Å². The molecule has 4 rings (SSSR count). The monoisotopic (exact) mass is 374 g/mol. The minimum atomic E-state index is -0.475. The number of benzene rings is 2. The van der Waals surface area contributed by atoms with Crippen LogP contribution in [0.1, 0.15) is 18.5 Å². The molecule has 0 saturated heterocycles. The van der Waals surface area contributed by atoms with Crippen molar-refractivity contribution in [3.05, 3.63) is 71.4 Å². The second-order valence-electron chi connectivity index (χ2n) is 6.99. The molecule has 7 nitrogen and oxygen atoms in total. The minimum absolute atomic E-state index is 0.419. The van der Waals surface area contributed by atoms with Gasteiger partial charge in [-0.3, -0.25) is 4.79 Å². The molecule has 2 heterocycles. The number of aromatic nitrogens is 3. The molecule has 1 amide bonds. The Morgan fingerprint density at radius 3 is 2.39 bits per heavy atom. The summed E-state index contributed by atoms with van der Waals surface area (Å²) < 4.78 is 1.73. The van der Waals surface area contributed by atoms with E-state index in [0.29, 0.717) is 23.0 Å². The summed E-state index contributed by atoms with van der Waals surface area (Å²) in [6, 6.07) is 17.3. The van der Waals surface area contributed by atoms with E-state index in [1.165, 1.54) is 0 Å². The molecule has 0 saturated carbocycles. The first kappa shape index (κ1) is 17.8. The Labute approximate surface area is 163 Å². The number of allylic oxidation sites excluding steroid dienone is 1. The van der Waals surface area contributed by atoms with Crippen LogP contribution in [0.4, 0.5) is 11.6 Å². The Morgan fingerprint density at radius 2 is 1.79 bits per heavy atom. The molecule has 0 unspecified atom stereocenters. The van der Waals surface area contributed by atoms with Crippen molar-refractivity contribution in [2.75, 3.05) is 24.3 Å². The van der Waals surface area contributed by atoms with Crippen molar-refractivity contribution < 1.29 is 4.79 Å². The molecule has 1 atom stereocenters. The van der Waals surface area contributed by atoms with Crippen molar-refractivity contribution >= 4 is 17.5 Å². The number of carbonyl (C=O) groups is 1. The standard InChI is InChI=1S/C21H22N6O/c1-13-17(19(22)28)18(14-7-5-4-6-8-14)27-21(23-13)24-20(25-27)15-9-11-16(12-10-15)26(2)3/h4-12,18H,1-3H3,(H2,22,28)(H,23,24,25)/t18-/m0/s1. The summed E-state index contributed by atoms with van der Waals surface area (Å²) in [7, 11) is 3.99. The van der Waals surface area contributed by atoms with Crippen LogP contribution in [0.5, 0.6) is 0 Å². The summed E-state index contributed by atoms with van der Waals surface area (Å²) in [5.74, 6) is 0.701. The van der Waals surface area contributed by atoms with E-state index in [2.05, 4.69) is 10.3 Å². The fourth-order valence-corrected chi connectivity index (χ4v) is 3.44. The van der Waals surface area contributed by atoms with Crippen molar-refractivity contribution in [1.82, 2.24) is 14.8 Å². The third-order valence-corrected chi connectivity index (χ3v) is 4.88. The predicted molar refractivity (Wildman–Crippen MR) is 110 cm³/mol. The highest BCUT2D eigenvalue weighted by atomic mass is 16.1. The van der Waals surface area contributed by atoms with Gasteiger partial charge < -0.3 is 16.0 Å². The highest BCUT2D eigenvalue weighted by Gasteiger charge is 2.33. The Bertz CT molecular complexity index is 1050. The molecular formula is C21H22N6O. The second kappa shape index (κ2) is 6.84. The molecular weight excluding hydrogens is 352 g/mol. The van der Waals surface area contributed by atoms with Crippen LogP contribution in [0.2, 0.25) is 0 Å². The SMILES string of the molecule is CC1=C(C(N)=O)[C@H](c2ccccc2)n2nc(-c3ccc(N(C)C)cc3)nc2N1. The summed E-state index contributed by atoms with van der Waals surface area (Å²) in [5, 5.41) is 7.88. The van der Waals surface area contributed by atoms with Gasteiger partial charge in [-0.15, -0.1) is 5.10 Å². The maximum absolute atomic E-state index is 12.2. The van der Waals surface area contributed by atoms with Gasteiger partial charge in [-0.2, -0.15) is 4.98 Å². The predicted octanol–water partition coefficient (Wildman–Crippen LogP) is 2.79. The molecule has 0 fully saturated rings. The zero-order valence-corrected chi connectivity index (χ0v) is 16.0. The normalized spacial score (nSPS) is 15.8. The molecule has 3 N–H and O–H groups in total. The zero-order chi connectivity index (χ0) is 19.8. The van der Waals surface area contributed by atoms with Crippen molar-refractivity contribution in [2.24, 2.45) is 5.73 Å². The first-order valence-corrected chi connectivity index (χ1v) is 9.02. The summed E-state index contributed by atoms with van der Waals surface area (Å²) in [6.07, 6.45) is 0. The van der Waals surface area contributed by atoms with Gasteiger partial charge in [0.05, 0.1) is 5.57 Å². The summed E-state index contributed by atoms with van der Waals surface area (Å²) in [4.78, 5) is 18.9. The molecule has 0 bridgehead atoms. The largest absolute Gasteiger partial charge is 0.378 e. The number of hydrogen-bond donors (Lipinski definition) is 2. The number of rotatable bonds is 4. The maximum atomic E-state index is 12.2. The molecule has 2 aromatic carbocycles. The lowest BCUT2D eigenvalue weighted by Gasteiger charge is -2.27. The summed E-state index contributed by atoms with van der Waals surface area (Å²) in [6.45, 7) is 1.83. The number of amides is 1. The first-order chi connectivity index (χ1) is 13.5. The zero-order valence-electron chi connectivity index (χ0n) is 16.0. The molecule has 7 heteroatoms. The number of nitrogens with one attached hydrogen (secondary N) is 1. The molecule has 3 aromatic rings. The number of nitrogens with two attached hydrogens (primary N) is 1. The van der Waals surface area contributed by atoms with Gasteiger partial charge >= 0.3 is 0 Å². The highest BCUT2D eigenvalue weighted by Crippen LogP contribution is 2.36. The van der Waals surface area contributed by atoms with Crippen LogP contribution >= 0.6 is 0 Å². The number of fused-ring (bicyclic) bond motifs is 1. The van der Waals surface area contributed by atoms with Crippen LogP contribution in [-0.4, -0.2) is 34.8 Å². The smallest absolute Gasteiger partial charge is 0.248 e. The first-order valence-electron chi connectivity index (χ1n) is 9.02. The fraction of sp³-hybridized carbons (Fsp3) is 0.190. The Kier molecular flexibility index (Phi) is 4.35. The van der Waals surface area contributed by atoms with Crippen LogP contribution < -0.4 is 16.0 Å². The fourth-order valence-electron chi connectivity index (χ4n) is 3.44. The van der Waals surface area contributed by atoms with Gasteiger partial charge in [0.1, 0.15) is 6.04 Å². The van der Waals surface area contributed by atoms with Gasteiger partial charge in [0, 0.05) is 31.0 Å². The molecule has 0 spiro atoms. The molecule has 1 aromatic heterocycles. The summed E-state index contributed by atoms with van der Waals surface area (Å²) >= 11 is 0. The van der Waals surface area contributed by atoms with Crippen molar-refractivity contribution in [3.8, 4) is 11.4 Å². The van der Waals surface area contributed by atoms with Crippen LogP contribution in [0.15, 0.2) is 65.9 Å². The van der Waals surface area contributed by atoms with Crippen molar-refractivity contribution in [2.45, 2.75) is 13.0 Å². The Morgan fingerprint density at radius 1 is 1.11 bits per heavy atom. The average Bonchev–Trinajstić information content (AvgIpc) is 3.11. The number of nitrogens with zero attached hydrogens (tertiary/aromatic N) is 4. The van der Waals surface area contributed by atoms with E-state index in [-0.39, 0.29) is 0 Å². The molecule has 28 heavy (non-hydrogen) atoms.